The quantitative estimate of drug-likeness (QED) is 0.147. The van der Waals surface area contributed by atoms with Crippen LogP contribution in [-0.2, 0) is 0 Å². The zero-order valence-corrected chi connectivity index (χ0v) is 21.5. The van der Waals surface area contributed by atoms with Gasteiger partial charge in [0, 0.05) is 52.1 Å². The lowest BCUT2D eigenvalue weighted by Crippen LogP contribution is -2.15. The molecule has 0 saturated carbocycles. The number of para-hydroxylation sites is 2. The molecule has 214 valence electrons. The lowest BCUT2D eigenvalue weighted by Gasteiger charge is -2.22. The summed E-state index contributed by atoms with van der Waals surface area (Å²) in [5.74, 6) is -13.7. The van der Waals surface area contributed by atoms with Crippen molar-refractivity contribution >= 4 is 33.0 Å². The molecule has 2 heterocycles. The zero-order valence-electron chi connectivity index (χ0n) is 21.5. The van der Waals surface area contributed by atoms with E-state index in [9.17, 15) is 8.78 Å². The topological polar surface area (TPSA) is 18.1 Å². The Kier molecular flexibility index (Phi) is 6.05. The monoisotopic (exact) mass is 593 g/mol. The molecule has 10 heteroatoms. The fourth-order valence-corrected chi connectivity index (χ4v) is 5.76. The number of rotatable bonds is 4. The Morgan fingerprint density at radius 1 is 0.535 bits per heavy atom. The highest BCUT2D eigenvalue weighted by molar-refractivity contribution is 6.19. The zero-order chi connectivity index (χ0) is 30.2. The van der Waals surface area contributed by atoms with Gasteiger partial charge in [-0.25, -0.2) is 35.1 Å². The van der Waals surface area contributed by atoms with Crippen molar-refractivity contribution in [2.45, 2.75) is 5.92 Å². The number of nitrogens with zero attached hydrogens (tertiary/aromatic N) is 1. The molecular weight excluding hydrogens is 578 g/mol. The van der Waals surface area contributed by atoms with Crippen LogP contribution >= 0.6 is 0 Å². The first kappa shape index (κ1) is 26.8. The smallest absolute Gasteiger partial charge is 0.213 e. The average molecular weight is 593 g/mol. The first-order valence-electron chi connectivity index (χ1n) is 12.8. The third-order valence-electron chi connectivity index (χ3n) is 7.46. The molecule has 2 nitrogen and oxygen atoms in total. The van der Waals surface area contributed by atoms with Gasteiger partial charge in [-0.1, -0.05) is 36.4 Å². The van der Waals surface area contributed by atoms with Crippen molar-refractivity contribution in [3.8, 4) is 5.69 Å². The second kappa shape index (κ2) is 9.72. The molecule has 0 aliphatic heterocycles. The minimum atomic E-state index is -2.17. The van der Waals surface area contributed by atoms with Gasteiger partial charge in [0.05, 0.1) is 10.9 Å². The summed E-state index contributed by atoms with van der Waals surface area (Å²) in [5.41, 5.74) is -2.51. The fraction of sp³-hybridized carbons (Fsp3) is 0.0303. The molecule has 2 aromatic heterocycles. The lowest BCUT2D eigenvalue weighted by molar-refractivity contribution is 0.495. The Hall–Kier alpha value is -5.12. The summed E-state index contributed by atoms with van der Waals surface area (Å²) in [6.07, 6.45) is 0. The van der Waals surface area contributed by atoms with E-state index in [1.54, 1.807) is 48.5 Å². The average Bonchev–Trinajstić information content (AvgIpc) is 3.46. The normalized spacial score (nSPS) is 11.9. The molecule has 0 radical (unpaired) electrons. The summed E-state index contributed by atoms with van der Waals surface area (Å²) in [6.45, 7) is 0. The predicted octanol–water partition coefficient (Wildman–Crippen LogP) is 9.82. The summed E-state index contributed by atoms with van der Waals surface area (Å²) in [6, 6.07) is 16.1. The minimum Gasteiger partial charge on any atom is -0.439 e. The van der Waals surface area contributed by atoms with Gasteiger partial charge in [0.1, 0.15) is 46.2 Å². The summed E-state index contributed by atoms with van der Waals surface area (Å²) in [5, 5.41) is 1.89. The third kappa shape index (κ3) is 4.08. The van der Waals surface area contributed by atoms with E-state index < -0.39 is 74.8 Å². The largest absolute Gasteiger partial charge is 0.439 e. The summed E-state index contributed by atoms with van der Waals surface area (Å²) in [4.78, 5) is 0. The standard InChI is InChI=1S/C33H15F8NO/c34-16-11-20(36)30(21(37)12-16)28(31-22(38)13-17(35)14-23(31)39)15-9-24(40)32(25(41)10-15)42-26-7-3-1-5-18(26)29-19-6-2-4-8-27(19)43-33(29)42/h1-14,28H. The Bertz CT molecular complexity index is 2120. The SMILES string of the molecule is Fc1cc(F)c(C(c2cc(F)c(-n3c4ccccc4c4c5ccccc5oc43)c(F)c2)c2c(F)cc(F)cc2F)c(F)c1. The highest BCUT2D eigenvalue weighted by Gasteiger charge is 2.33. The maximum absolute atomic E-state index is 16.1. The van der Waals surface area contributed by atoms with Crippen molar-refractivity contribution < 1.29 is 39.5 Å². The van der Waals surface area contributed by atoms with Crippen LogP contribution in [0.5, 0.6) is 0 Å². The Morgan fingerprint density at radius 2 is 1.02 bits per heavy atom. The van der Waals surface area contributed by atoms with Gasteiger partial charge in [0.2, 0.25) is 5.71 Å². The molecule has 0 unspecified atom stereocenters. The van der Waals surface area contributed by atoms with Crippen LogP contribution in [0.25, 0.3) is 38.7 Å². The van der Waals surface area contributed by atoms with Crippen LogP contribution in [-0.4, -0.2) is 4.57 Å². The molecule has 0 amide bonds. The lowest BCUT2D eigenvalue weighted by atomic mass is 9.83. The van der Waals surface area contributed by atoms with Crippen LogP contribution in [0.2, 0.25) is 0 Å². The molecule has 0 spiro atoms. The van der Waals surface area contributed by atoms with Crippen LogP contribution in [0, 0.1) is 46.5 Å². The third-order valence-corrected chi connectivity index (χ3v) is 7.46. The molecule has 0 fully saturated rings. The fourth-order valence-electron chi connectivity index (χ4n) is 5.76. The van der Waals surface area contributed by atoms with E-state index >= 15 is 26.3 Å². The number of hydrogen-bond acceptors (Lipinski definition) is 1. The molecular formula is C33H15F8NO. The molecule has 0 N–H and O–H groups in total. The van der Waals surface area contributed by atoms with Crippen LogP contribution in [0.1, 0.15) is 22.6 Å². The van der Waals surface area contributed by atoms with Gasteiger partial charge in [0.25, 0.3) is 0 Å². The number of aromatic nitrogens is 1. The molecule has 0 atom stereocenters. The van der Waals surface area contributed by atoms with Crippen molar-refractivity contribution in [1.29, 1.82) is 0 Å². The van der Waals surface area contributed by atoms with Gasteiger partial charge in [-0.15, -0.1) is 0 Å². The Morgan fingerprint density at radius 3 is 1.58 bits per heavy atom. The van der Waals surface area contributed by atoms with Crippen LogP contribution in [0.3, 0.4) is 0 Å². The highest BCUT2D eigenvalue weighted by atomic mass is 19.2. The van der Waals surface area contributed by atoms with Crippen LogP contribution in [0.15, 0.2) is 89.3 Å². The maximum atomic E-state index is 16.1. The Labute approximate surface area is 237 Å². The summed E-state index contributed by atoms with van der Waals surface area (Å²) < 4.78 is 127. The van der Waals surface area contributed by atoms with Crippen molar-refractivity contribution in [3.05, 3.63) is 148 Å². The number of furan rings is 1. The molecule has 0 saturated heterocycles. The molecule has 5 aromatic carbocycles. The van der Waals surface area contributed by atoms with Crippen molar-refractivity contribution in [2.24, 2.45) is 0 Å². The molecule has 7 aromatic rings. The predicted molar refractivity (Wildman–Crippen MR) is 144 cm³/mol. The van der Waals surface area contributed by atoms with Crippen molar-refractivity contribution in [3.63, 3.8) is 0 Å². The van der Waals surface area contributed by atoms with E-state index in [1.807, 2.05) is 0 Å². The van der Waals surface area contributed by atoms with Crippen LogP contribution in [0.4, 0.5) is 35.1 Å². The first-order chi connectivity index (χ1) is 20.6. The van der Waals surface area contributed by atoms with E-state index in [0.29, 0.717) is 39.4 Å². The molecule has 0 aliphatic carbocycles. The maximum Gasteiger partial charge on any atom is 0.213 e. The van der Waals surface area contributed by atoms with Gasteiger partial charge in [-0.3, -0.25) is 4.57 Å². The number of benzene rings is 5. The van der Waals surface area contributed by atoms with Crippen molar-refractivity contribution in [1.82, 2.24) is 4.57 Å². The van der Waals surface area contributed by atoms with Gasteiger partial charge in [-0.05, 0) is 29.8 Å². The van der Waals surface area contributed by atoms with E-state index in [0.717, 1.165) is 0 Å². The second-order valence-corrected chi connectivity index (χ2v) is 9.96. The summed E-state index contributed by atoms with van der Waals surface area (Å²) >= 11 is 0. The van der Waals surface area contributed by atoms with E-state index in [-0.39, 0.29) is 30.0 Å². The summed E-state index contributed by atoms with van der Waals surface area (Å²) in [7, 11) is 0. The number of fused-ring (bicyclic) bond motifs is 5. The van der Waals surface area contributed by atoms with Gasteiger partial charge in [0.15, 0.2) is 11.6 Å². The van der Waals surface area contributed by atoms with Gasteiger partial charge >= 0.3 is 0 Å². The van der Waals surface area contributed by atoms with Crippen molar-refractivity contribution in [2.75, 3.05) is 0 Å². The van der Waals surface area contributed by atoms with E-state index in [1.165, 1.54) is 4.57 Å². The van der Waals surface area contributed by atoms with Gasteiger partial charge < -0.3 is 4.42 Å². The van der Waals surface area contributed by atoms with E-state index in [2.05, 4.69) is 0 Å². The minimum absolute atomic E-state index is 0.107. The second-order valence-electron chi connectivity index (χ2n) is 9.96. The van der Waals surface area contributed by atoms with Crippen LogP contribution < -0.4 is 0 Å². The first-order valence-corrected chi connectivity index (χ1v) is 12.8. The molecule has 0 bridgehead atoms. The molecule has 43 heavy (non-hydrogen) atoms. The highest BCUT2D eigenvalue weighted by Crippen LogP contribution is 2.43. The Balaban J connectivity index is 1.52. The molecule has 7 rings (SSSR count). The number of hydrogen-bond donors (Lipinski definition) is 0. The van der Waals surface area contributed by atoms with E-state index in [4.69, 9.17) is 4.42 Å². The number of halogens is 8. The van der Waals surface area contributed by atoms with Gasteiger partial charge in [-0.2, -0.15) is 0 Å². The molecule has 0 aliphatic rings.